The molecule has 2 aromatic rings. The maximum Gasteiger partial charge on any atom is 0.336 e. The Labute approximate surface area is 148 Å². The Morgan fingerprint density at radius 1 is 1.20 bits per heavy atom. The van der Waals surface area contributed by atoms with Gasteiger partial charge in [-0.3, -0.25) is 0 Å². The standard InChI is InChI=1S/C21H24O4/c1-14(2)13-25-20-8-6-5-7-16(20)12-19(21(22)23)18-10-9-17(24-4)11-15(18)3/h5-12,14H,13H2,1-4H3,(H,22,23)/b19-12-. The van der Waals surface area contributed by atoms with Gasteiger partial charge >= 0.3 is 5.97 Å². The summed E-state index contributed by atoms with van der Waals surface area (Å²) in [7, 11) is 1.59. The van der Waals surface area contributed by atoms with Crippen LogP contribution in [0, 0.1) is 12.8 Å². The molecule has 0 radical (unpaired) electrons. The molecule has 2 rings (SSSR count). The first-order valence-corrected chi connectivity index (χ1v) is 8.24. The summed E-state index contributed by atoms with van der Waals surface area (Å²) >= 11 is 0. The summed E-state index contributed by atoms with van der Waals surface area (Å²) in [4.78, 5) is 11.8. The largest absolute Gasteiger partial charge is 0.497 e. The summed E-state index contributed by atoms with van der Waals surface area (Å²) in [5.41, 5.74) is 2.47. The highest BCUT2D eigenvalue weighted by atomic mass is 16.5. The van der Waals surface area contributed by atoms with Crippen LogP contribution in [0.25, 0.3) is 11.6 Å². The predicted molar refractivity (Wildman–Crippen MR) is 100 cm³/mol. The fourth-order valence-corrected chi connectivity index (χ4v) is 2.46. The molecule has 0 saturated heterocycles. The molecule has 1 N–H and O–H groups in total. The molecule has 0 unspecified atom stereocenters. The highest BCUT2D eigenvalue weighted by molar-refractivity contribution is 6.21. The van der Waals surface area contributed by atoms with E-state index in [1.807, 2.05) is 37.3 Å². The average Bonchev–Trinajstić information content (AvgIpc) is 2.58. The molecule has 0 saturated carbocycles. The molecule has 0 amide bonds. The zero-order valence-electron chi connectivity index (χ0n) is 15.1. The van der Waals surface area contributed by atoms with Gasteiger partial charge < -0.3 is 14.6 Å². The molecular formula is C21H24O4. The maximum absolute atomic E-state index is 11.8. The van der Waals surface area contributed by atoms with Crippen LogP contribution in [0.15, 0.2) is 42.5 Å². The van der Waals surface area contributed by atoms with Crippen LogP contribution in [0.1, 0.15) is 30.5 Å². The van der Waals surface area contributed by atoms with E-state index in [-0.39, 0.29) is 5.57 Å². The van der Waals surface area contributed by atoms with Gasteiger partial charge in [-0.25, -0.2) is 4.79 Å². The molecule has 0 aliphatic rings. The number of carboxylic acid groups (broad SMARTS) is 1. The van der Waals surface area contributed by atoms with E-state index >= 15 is 0 Å². The molecule has 132 valence electrons. The average molecular weight is 340 g/mol. The van der Waals surface area contributed by atoms with E-state index < -0.39 is 5.97 Å². The van der Waals surface area contributed by atoms with Crippen LogP contribution >= 0.6 is 0 Å². The number of carboxylic acids is 1. The second kappa shape index (κ2) is 8.38. The van der Waals surface area contributed by atoms with Gasteiger partial charge in [0.1, 0.15) is 11.5 Å². The molecule has 0 bridgehead atoms. The molecule has 0 heterocycles. The summed E-state index contributed by atoms with van der Waals surface area (Å²) in [5.74, 6) is 0.791. The molecule has 4 heteroatoms. The minimum absolute atomic E-state index is 0.223. The van der Waals surface area contributed by atoms with Crippen LogP contribution in [-0.4, -0.2) is 24.8 Å². The van der Waals surface area contributed by atoms with Crippen molar-refractivity contribution in [3.05, 3.63) is 59.2 Å². The second-order valence-corrected chi connectivity index (χ2v) is 6.29. The third-order valence-corrected chi connectivity index (χ3v) is 3.75. The molecule has 25 heavy (non-hydrogen) atoms. The number of rotatable bonds is 7. The van der Waals surface area contributed by atoms with Crippen molar-refractivity contribution in [2.45, 2.75) is 20.8 Å². The van der Waals surface area contributed by atoms with Crippen LogP contribution < -0.4 is 9.47 Å². The molecule has 0 fully saturated rings. The Balaban J connectivity index is 2.46. The molecule has 0 spiro atoms. The number of para-hydroxylation sites is 1. The van der Waals surface area contributed by atoms with Crippen molar-refractivity contribution >= 4 is 17.6 Å². The van der Waals surface area contributed by atoms with Gasteiger partial charge in [0.2, 0.25) is 0 Å². The summed E-state index contributed by atoms with van der Waals surface area (Å²) in [5, 5.41) is 9.71. The smallest absolute Gasteiger partial charge is 0.336 e. The van der Waals surface area contributed by atoms with Crippen LogP contribution in [-0.2, 0) is 4.79 Å². The van der Waals surface area contributed by atoms with E-state index in [4.69, 9.17) is 9.47 Å². The maximum atomic E-state index is 11.8. The Bertz CT molecular complexity index is 775. The molecule has 0 aromatic heterocycles. The number of benzene rings is 2. The normalized spacial score (nSPS) is 11.5. The zero-order chi connectivity index (χ0) is 18.4. The van der Waals surface area contributed by atoms with Gasteiger partial charge in [-0.1, -0.05) is 38.1 Å². The Kier molecular flexibility index (Phi) is 6.23. The lowest BCUT2D eigenvalue weighted by Gasteiger charge is -2.13. The fourth-order valence-electron chi connectivity index (χ4n) is 2.46. The summed E-state index contributed by atoms with van der Waals surface area (Å²) < 4.78 is 11.0. The number of methoxy groups -OCH3 is 1. The first-order chi connectivity index (χ1) is 11.9. The SMILES string of the molecule is COc1ccc(/C(=C/c2ccccc2OCC(C)C)C(=O)O)c(C)c1. The lowest BCUT2D eigenvalue weighted by molar-refractivity contribution is -0.130. The van der Waals surface area contributed by atoms with E-state index in [9.17, 15) is 9.90 Å². The predicted octanol–water partition coefficient (Wildman–Crippen LogP) is 4.66. The van der Waals surface area contributed by atoms with Crippen molar-refractivity contribution in [3.63, 3.8) is 0 Å². The van der Waals surface area contributed by atoms with E-state index in [1.165, 1.54) is 0 Å². The molecule has 0 aliphatic carbocycles. The third kappa shape index (κ3) is 4.86. The fraction of sp³-hybridized carbons (Fsp3) is 0.286. The van der Waals surface area contributed by atoms with Gasteiger partial charge in [0.15, 0.2) is 0 Å². The van der Waals surface area contributed by atoms with Crippen LogP contribution in [0.3, 0.4) is 0 Å². The molecule has 0 atom stereocenters. The van der Waals surface area contributed by atoms with Crippen LogP contribution in [0.4, 0.5) is 0 Å². The van der Waals surface area contributed by atoms with E-state index in [0.29, 0.717) is 29.6 Å². The van der Waals surface area contributed by atoms with Crippen molar-refractivity contribution in [1.82, 2.24) is 0 Å². The number of carbonyl (C=O) groups is 1. The molecular weight excluding hydrogens is 316 g/mol. The van der Waals surface area contributed by atoms with Gasteiger partial charge in [-0.2, -0.15) is 0 Å². The van der Waals surface area contributed by atoms with Gasteiger partial charge in [0.25, 0.3) is 0 Å². The third-order valence-electron chi connectivity index (χ3n) is 3.75. The van der Waals surface area contributed by atoms with E-state index in [1.54, 1.807) is 25.3 Å². The Morgan fingerprint density at radius 2 is 1.92 bits per heavy atom. The van der Waals surface area contributed by atoms with Gasteiger partial charge in [-0.15, -0.1) is 0 Å². The van der Waals surface area contributed by atoms with Crippen LogP contribution in [0.2, 0.25) is 0 Å². The summed E-state index contributed by atoms with van der Waals surface area (Å²) in [6.45, 7) is 6.59. The minimum Gasteiger partial charge on any atom is -0.497 e. The lowest BCUT2D eigenvalue weighted by atomic mass is 9.98. The lowest BCUT2D eigenvalue weighted by Crippen LogP contribution is -2.06. The van der Waals surface area contributed by atoms with Crippen molar-refractivity contribution in [3.8, 4) is 11.5 Å². The number of hydrogen-bond acceptors (Lipinski definition) is 3. The van der Waals surface area contributed by atoms with E-state index in [0.717, 1.165) is 11.1 Å². The van der Waals surface area contributed by atoms with E-state index in [2.05, 4.69) is 13.8 Å². The van der Waals surface area contributed by atoms with Gasteiger partial charge in [0.05, 0.1) is 19.3 Å². The Morgan fingerprint density at radius 3 is 2.52 bits per heavy atom. The van der Waals surface area contributed by atoms with Crippen molar-refractivity contribution in [1.29, 1.82) is 0 Å². The molecule has 0 aliphatic heterocycles. The second-order valence-electron chi connectivity index (χ2n) is 6.29. The highest BCUT2D eigenvalue weighted by Gasteiger charge is 2.15. The zero-order valence-corrected chi connectivity index (χ0v) is 15.1. The quantitative estimate of drug-likeness (QED) is 0.588. The minimum atomic E-state index is -0.980. The van der Waals surface area contributed by atoms with Crippen LogP contribution in [0.5, 0.6) is 11.5 Å². The summed E-state index contributed by atoms with van der Waals surface area (Å²) in [6, 6.07) is 12.8. The van der Waals surface area contributed by atoms with Crippen molar-refractivity contribution in [2.24, 2.45) is 5.92 Å². The topological polar surface area (TPSA) is 55.8 Å². The van der Waals surface area contributed by atoms with Crippen molar-refractivity contribution in [2.75, 3.05) is 13.7 Å². The first-order valence-electron chi connectivity index (χ1n) is 8.24. The van der Waals surface area contributed by atoms with Gasteiger partial charge in [-0.05, 0) is 48.2 Å². The van der Waals surface area contributed by atoms with Gasteiger partial charge in [0, 0.05) is 5.56 Å². The number of ether oxygens (including phenoxy) is 2. The monoisotopic (exact) mass is 340 g/mol. The number of aliphatic carboxylic acids is 1. The number of hydrogen-bond donors (Lipinski definition) is 1. The number of aryl methyl sites for hydroxylation is 1. The van der Waals surface area contributed by atoms with Crippen molar-refractivity contribution < 1.29 is 19.4 Å². The summed E-state index contributed by atoms with van der Waals surface area (Å²) in [6.07, 6.45) is 1.66. The Hall–Kier alpha value is -2.75. The molecule has 2 aromatic carbocycles. The molecule has 4 nitrogen and oxygen atoms in total. The first kappa shape index (κ1) is 18.6. The highest BCUT2D eigenvalue weighted by Crippen LogP contribution is 2.28.